The van der Waals surface area contributed by atoms with E-state index in [1.807, 2.05) is 12.1 Å². The summed E-state index contributed by atoms with van der Waals surface area (Å²) in [5.41, 5.74) is 6.55. The first-order valence-electron chi connectivity index (χ1n) is 7.89. The second-order valence-electron chi connectivity index (χ2n) is 6.10. The molecule has 0 spiro atoms. The number of piperidine rings is 1. The summed E-state index contributed by atoms with van der Waals surface area (Å²) < 4.78 is 5.62. The largest absolute Gasteiger partial charge is 0.476 e. The summed E-state index contributed by atoms with van der Waals surface area (Å²) >= 11 is 0. The molecule has 0 radical (unpaired) electrons. The Balaban J connectivity index is 1.96. The van der Waals surface area contributed by atoms with Crippen molar-refractivity contribution in [3.63, 3.8) is 0 Å². The van der Waals surface area contributed by atoms with Crippen molar-refractivity contribution in [1.82, 2.24) is 9.88 Å². The van der Waals surface area contributed by atoms with Crippen LogP contribution < -0.4 is 15.4 Å². The molecule has 0 aromatic carbocycles. The van der Waals surface area contributed by atoms with Gasteiger partial charge in [-0.25, -0.2) is 0 Å². The van der Waals surface area contributed by atoms with Crippen molar-refractivity contribution in [3.8, 4) is 5.88 Å². The van der Waals surface area contributed by atoms with Gasteiger partial charge in [0.05, 0.1) is 12.3 Å². The molecule has 1 saturated heterocycles. The smallest absolute Gasteiger partial charge is 0.239 e. The lowest BCUT2D eigenvalue weighted by Gasteiger charge is -2.34. The summed E-state index contributed by atoms with van der Waals surface area (Å²) in [6.45, 7) is 6.03. The van der Waals surface area contributed by atoms with E-state index in [0.29, 0.717) is 18.2 Å². The van der Waals surface area contributed by atoms with Crippen LogP contribution in [0.15, 0.2) is 12.1 Å². The minimum absolute atomic E-state index is 0.574. The van der Waals surface area contributed by atoms with E-state index in [1.165, 1.54) is 19.4 Å². The molecule has 5 heteroatoms. The SMILES string of the molecule is CCCOc1nc(N2CCC(CN(C)C)CC2)ccc1N. The van der Waals surface area contributed by atoms with Gasteiger partial charge in [-0.15, -0.1) is 0 Å². The number of hydrogen-bond donors (Lipinski definition) is 1. The molecule has 2 N–H and O–H groups in total. The molecule has 5 nitrogen and oxygen atoms in total. The summed E-state index contributed by atoms with van der Waals surface area (Å²) in [5, 5.41) is 0. The second kappa shape index (κ2) is 7.50. The van der Waals surface area contributed by atoms with E-state index in [1.54, 1.807) is 0 Å². The number of rotatable bonds is 6. The Labute approximate surface area is 128 Å². The highest BCUT2D eigenvalue weighted by Crippen LogP contribution is 2.27. The van der Waals surface area contributed by atoms with Crippen molar-refractivity contribution in [2.75, 3.05) is 51.0 Å². The zero-order chi connectivity index (χ0) is 15.2. The van der Waals surface area contributed by atoms with E-state index < -0.39 is 0 Å². The van der Waals surface area contributed by atoms with Crippen LogP contribution in [0.5, 0.6) is 5.88 Å². The Kier molecular flexibility index (Phi) is 5.67. The lowest BCUT2D eigenvalue weighted by atomic mass is 9.96. The van der Waals surface area contributed by atoms with Crippen molar-refractivity contribution in [3.05, 3.63) is 12.1 Å². The van der Waals surface area contributed by atoms with Crippen LogP contribution in [0.2, 0.25) is 0 Å². The molecule has 0 atom stereocenters. The zero-order valence-corrected chi connectivity index (χ0v) is 13.5. The lowest BCUT2D eigenvalue weighted by Crippen LogP contribution is -2.37. The van der Waals surface area contributed by atoms with E-state index in [2.05, 4.69) is 35.8 Å². The van der Waals surface area contributed by atoms with Gasteiger partial charge in [0.2, 0.25) is 5.88 Å². The van der Waals surface area contributed by atoms with Crippen LogP contribution in [0.25, 0.3) is 0 Å². The van der Waals surface area contributed by atoms with Crippen molar-refractivity contribution in [1.29, 1.82) is 0 Å². The highest BCUT2D eigenvalue weighted by Gasteiger charge is 2.21. The normalized spacial score (nSPS) is 16.5. The summed E-state index contributed by atoms with van der Waals surface area (Å²) in [6, 6.07) is 3.90. The van der Waals surface area contributed by atoms with Crippen LogP contribution >= 0.6 is 0 Å². The minimum atomic E-state index is 0.574. The average molecular weight is 292 g/mol. The quantitative estimate of drug-likeness (QED) is 0.871. The van der Waals surface area contributed by atoms with E-state index in [-0.39, 0.29) is 0 Å². The fourth-order valence-corrected chi connectivity index (χ4v) is 2.79. The first-order chi connectivity index (χ1) is 10.1. The maximum atomic E-state index is 5.93. The first-order valence-corrected chi connectivity index (χ1v) is 7.89. The lowest BCUT2D eigenvalue weighted by molar-refractivity contribution is 0.283. The average Bonchev–Trinajstić information content (AvgIpc) is 2.47. The van der Waals surface area contributed by atoms with Gasteiger partial charge in [0.15, 0.2) is 0 Å². The van der Waals surface area contributed by atoms with Crippen LogP contribution in [-0.4, -0.2) is 50.2 Å². The number of aromatic nitrogens is 1. The molecule has 118 valence electrons. The van der Waals surface area contributed by atoms with Crippen LogP contribution in [0.1, 0.15) is 26.2 Å². The summed E-state index contributed by atoms with van der Waals surface area (Å²) in [6.07, 6.45) is 3.39. The van der Waals surface area contributed by atoms with Gasteiger partial charge in [-0.1, -0.05) is 6.92 Å². The van der Waals surface area contributed by atoms with E-state index >= 15 is 0 Å². The number of nitrogens with zero attached hydrogens (tertiary/aromatic N) is 3. The van der Waals surface area contributed by atoms with Gasteiger partial charge in [0, 0.05) is 19.6 Å². The van der Waals surface area contributed by atoms with Gasteiger partial charge in [0.25, 0.3) is 0 Å². The van der Waals surface area contributed by atoms with Gasteiger partial charge >= 0.3 is 0 Å². The van der Waals surface area contributed by atoms with Crippen molar-refractivity contribution >= 4 is 11.5 Å². The number of nitrogen functional groups attached to an aromatic ring is 1. The highest BCUT2D eigenvalue weighted by atomic mass is 16.5. The van der Waals surface area contributed by atoms with Gasteiger partial charge in [-0.2, -0.15) is 4.98 Å². The predicted octanol–water partition coefficient (Wildman–Crippen LogP) is 2.23. The van der Waals surface area contributed by atoms with Gasteiger partial charge in [-0.05, 0) is 51.4 Å². The Morgan fingerprint density at radius 3 is 2.67 bits per heavy atom. The van der Waals surface area contributed by atoms with Crippen LogP contribution in [0.3, 0.4) is 0 Å². The zero-order valence-electron chi connectivity index (χ0n) is 13.5. The molecule has 0 amide bonds. The molecule has 21 heavy (non-hydrogen) atoms. The molecule has 0 saturated carbocycles. The Morgan fingerprint density at radius 2 is 2.05 bits per heavy atom. The third kappa shape index (κ3) is 4.49. The summed E-state index contributed by atoms with van der Waals surface area (Å²) in [4.78, 5) is 9.20. The topological polar surface area (TPSA) is 54.6 Å². The molecule has 2 heterocycles. The summed E-state index contributed by atoms with van der Waals surface area (Å²) in [7, 11) is 4.29. The Morgan fingerprint density at radius 1 is 1.33 bits per heavy atom. The van der Waals surface area contributed by atoms with E-state index in [0.717, 1.165) is 31.2 Å². The van der Waals surface area contributed by atoms with Crippen LogP contribution in [-0.2, 0) is 0 Å². The predicted molar refractivity (Wildman–Crippen MR) is 87.9 cm³/mol. The Hall–Kier alpha value is -1.49. The van der Waals surface area contributed by atoms with E-state index in [9.17, 15) is 0 Å². The molecule has 1 fully saturated rings. The minimum Gasteiger partial charge on any atom is -0.476 e. The molecule has 1 aliphatic rings. The van der Waals surface area contributed by atoms with Gasteiger partial charge in [0.1, 0.15) is 5.82 Å². The number of pyridine rings is 1. The highest BCUT2D eigenvalue weighted by molar-refractivity contribution is 5.54. The number of hydrogen-bond acceptors (Lipinski definition) is 5. The molecule has 0 unspecified atom stereocenters. The molecule has 0 bridgehead atoms. The molecule has 1 aliphatic heterocycles. The van der Waals surface area contributed by atoms with Crippen molar-refractivity contribution in [2.24, 2.45) is 5.92 Å². The number of ether oxygens (including phenoxy) is 1. The molecule has 0 aliphatic carbocycles. The molecule has 2 rings (SSSR count). The van der Waals surface area contributed by atoms with Gasteiger partial charge in [-0.3, -0.25) is 0 Å². The number of anilines is 2. The standard InChI is InChI=1S/C16H28N4O/c1-4-11-21-16-14(17)5-6-15(18-16)20-9-7-13(8-10-20)12-19(2)3/h5-6,13H,4,7-12,17H2,1-3H3. The molecular formula is C16H28N4O. The van der Waals surface area contributed by atoms with Gasteiger partial charge < -0.3 is 20.3 Å². The van der Waals surface area contributed by atoms with E-state index in [4.69, 9.17) is 10.5 Å². The molecular weight excluding hydrogens is 264 g/mol. The summed E-state index contributed by atoms with van der Waals surface area (Å²) in [5.74, 6) is 2.35. The molecule has 1 aromatic rings. The number of nitrogens with two attached hydrogens (primary N) is 1. The molecule has 1 aromatic heterocycles. The van der Waals surface area contributed by atoms with Crippen LogP contribution in [0.4, 0.5) is 11.5 Å². The maximum Gasteiger partial charge on any atom is 0.239 e. The van der Waals surface area contributed by atoms with Crippen LogP contribution in [0, 0.1) is 5.92 Å². The third-order valence-corrected chi connectivity index (χ3v) is 3.88. The van der Waals surface area contributed by atoms with Crippen molar-refractivity contribution in [2.45, 2.75) is 26.2 Å². The Bertz CT molecular complexity index is 442. The first kappa shape index (κ1) is 15.9. The fraction of sp³-hybridized carbons (Fsp3) is 0.688. The monoisotopic (exact) mass is 292 g/mol. The van der Waals surface area contributed by atoms with Crippen molar-refractivity contribution < 1.29 is 4.74 Å². The fourth-order valence-electron chi connectivity index (χ4n) is 2.79. The maximum absolute atomic E-state index is 5.93. The second-order valence-corrected chi connectivity index (χ2v) is 6.10. The third-order valence-electron chi connectivity index (χ3n) is 3.88.